The van der Waals surface area contributed by atoms with Gasteiger partial charge in [-0.25, -0.2) is 0 Å². The summed E-state index contributed by atoms with van der Waals surface area (Å²) in [6.45, 7) is 0. The summed E-state index contributed by atoms with van der Waals surface area (Å²) in [6, 6.07) is 0.711. The lowest BCUT2D eigenvalue weighted by molar-refractivity contribution is 0.661. The molecule has 1 N–H and O–H groups in total. The molecule has 0 unspecified atom stereocenters. The van der Waals surface area contributed by atoms with E-state index in [9.17, 15) is 0 Å². The Hall–Kier alpha value is 0.310. The van der Waals surface area contributed by atoms with Crippen LogP contribution in [0.5, 0.6) is 0 Å². The number of hydrogen-bond donors (Lipinski definition) is 2. The Balaban J connectivity index is 2.14. The minimum atomic E-state index is 0.711. The average molecular weight is 117 g/mol. The van der Waals surface area contributed by atoms with Gasteiger partial charge < -0.3 is 0 Å². The molecule has 0 saturated heterocycles. The molecular weight excluding hydrogens is 106 g/mol. The molecule has 7 heavy (non-hydrogen) atoms. The summed E-state index contributed by atoms with van der Waals surface area (Å²) in [4.78, 5) is 0. The maximum Gasteiger partial charge on any atom is 0.0169 e. The Morgan fingerprint density at radius 3 is 2.14 bits per heavy atom. The van der Waals surface area contributed by atoms with Gasteiger partial charge in [0.15, 0.2) is 0 Å². The van der Waals surface area contributed by atoms with Gasteiger partial charge in [0.25, 0.3) is 0 Å². The number of hydrogen-bond acceptors (Lipinski definition) is 2. The fraction of sp³-hybridized carbons (Fsp3) is 1.00. The lowest BCUT2D eigenvalue weighted by atomic mass is 10.3. The van der Waals surface area contributed by atoms with Crippen molar-refractivity contribution in [1.82, 2.24) is 4.72 Å². The predicted molar refractivity (Wildman–Crippen MR) is 34.4 cm³/mol. The highest BCUT2D eigenvalue weighted by Gasteiger charge is 2.11. The molecule has 0 aromatic carbocycles. The molecule has 0 aliphatic heterocycles. The summed E-state index contributed by atoms with van der Waals surface area (Å²) in [5.74, 6) is 0. The first kappa shape index (κ1) is 5.45. The molecular formula is C5H11NS. The number of thiol groups is 1. The molecule has 0 amide bonds. The van der Waals surface area contributed by atoms with Crippen LogP contribution in [0.3, 0.4) is 0 Å². The zero-order valence-electron chi connectivity index (χ0n) is 4.35. The molecule has 1 nitrogen and oxygen atoms in total. The quantitative estimate of drug-likeness (QED) is 0.494. The van der Waals surface area contributed by atoms with E-state index in [2.05, 4.69) is 17.5 Å². The van der Waals surface area contributed by atoms with E-state index in [0.717, 1.165) is 0 Å². The van der Waals surface area contributed by atoms with E-state index in [4.69, 9.17) is 0 Å². The van der Waals surface area contributed by atoms with Crippen LogP contribution in [0.25, 0.3) is 0 Å². The van der Waals surface area contributed by atoms with Crippen molar-refractivity contribution in [2.75, 3.05) is 0 Å². The third-order valence-electron chi connectivity index (χ3n) is 1.54. The fourth-order valence-corrected chi connectivity index (χ4v) is 1.31. The van der Waals surface area contributed by atoms with E-state index < -0.39 is 0 Å². The summed E-state index contributed by atoms with van der Waals surface area (Å²) in [5, 5.41) is 0. The summed E-state index contributed by atoms with van der Waals surface area (Å²) in [7, 11) is 0. The van der Waals surface area contributed by atoms with Crippen molar-refractivity contribution in [1.29, 1.82) is 0 Å². The highest BCUT2D eigenvalue weighted by atomic mass is 32.1. The molecule has 0 bridgehead atoms. The minimum absolute atomic E-state index is 0.711. The van der Waals surface area contributed by atoms with Crippen molar-refractivity contribution < 1.29 is 0 Å². The van der Waals surface area contributed by atoms with Crippen LogP contribution in [0.1, 0.15) is 25.7 Å². The molecule has 1 saturated carbocycles. The lowest BCUT2D eigenvalue weighted by Gasteiger charge is -2.01. The Morgan fingerprint density at radius 2 is 1.86 bits per heavy atom. The van der Waals surface area contributed by atoms with Gasteiger partial charge in [0.2, 0.25) is 0 Å². The normalized spacial score (nSPS) is 23.6. The summed E-state index contributed by atoms with van der Waals surface area (Å²) in [5.41, 5.74) is 0. The molecule has 1 aliphatic carbocycles. The van der Waals surface area contributed by atoms with Crippen molar-refractivity contribution in [3.63, 3.8) is 0 Å². The van der Waals surface area contributed by atoms with Crippen LogP contribution in [0.4, 0.5) is 0 Å². The third-order valence-corrected chi connectivity index (χ3v) is 1.90. The lowest BCUT2D eigenvalue weighted by Crippen LogP contribution is -2.14. The Kier molecular flexibility index (Phi) is 2.00. The Morgan fingerprint density at radius 1 is 1.29 bits per heavy atom. The van der Waals surface area contributed by atoms with Crippen molar-refractivity contribution in [2.45, 2.75) is 31.7 Å². The second-order valence-corrected chi connectivity index (χ2v) is 2.37. The summed E-state index contributed by atoms with van der Waals surface area (Å²) < 4.78 is 2.96. The minimum Gasteiger partial charge on any atom is -0.264 e. The highest BCUT2D eigenvalue weighted by Crippen LogP contribution is 2.17. The molecule has 0 heterocycles. The molecule has 0 aromatic rings. The van der Waals surface area contributed by atoms with Crippen molar-refractivity contribution in [3.05, 3.63) is 0 Å². The van der Waals surface area contributed by atoms with Crippen LogP contribution in [0.2, 0.25) is 0 Å². The summed E-state index contributed by atoms with van der Waals surface area (Å²) in [6.07, 6.45) is 5.42. The topological polar surface area (TPSA) is 12.0 Å². The van der Waals surface area contributed by atoms with Crippen LogP contribution in [0.15, 0.2) is 0 Å². The molecule has 0 aromatic heterocycles. The van der Waals surface area contributed by atoms with E-state index in [-0.39, 0.29) is 0 Å². The first-order valence-corrected chi connectivity index (χ1v) is 3.28. The van der Waals surface area contributed by atoms with Crippen molar-refractivity contribution in [2.24, 2.45) is 0 Å². The Bertz CT molecular complexity index is 50.0. The van der Waals surface area contributed by atoms with Gasteiger partial charge in [-0.15, -0.1) is 0 Å². The molecule has 2 heteroatoms. The molecule has 0 spiro atoms. The highest BCUT2D eigenvalue weighted by molar-refractivity contribution is 7.78. The van der Waals surface area contributed by atoms with Gasteiger partial charge in [0.1, 0.15) is 0 Å². The Labute approximate surface area is 50.0 Å². The standard InChI is InChI=1S/C5H11NS/c7-6-5-3-1-2-4-5/h5-7H,1-4H2. The molecule has 0 atom stereocenters. The van der Waals surface area contributed by atoms with Gasteiger partial charge in [0.05, 0.1) is 0 Å². The zero-order chi connectivity index (χ0) is 5.11. The van der Waals surface area contributed by atoms with Gasteiger partial charge in [-0.3, -0.25) is 4.72 Å². The van der Waals surface area contributed by atoms with E-state index in [0.29, 0.717) is 6.04 Å². The van der Waals surface area contributed by atoms with E-state index in [1.807, 2.05) is 0 Å². The number of nitrogens with one attached hydrogen (secondary N) is 1. The zero-order valence-corrected chi connectivity index (χ0v) is 5.25. The maximum atomic E-state index is 3.97. The first-order valence-electron chi connectivity index (χ1n) is 2.83. The van der Waals surface area contributed by atoms with Crippen LogP contribution in [-0.4, -0.2) is 6.04 Å². The average Bonchev–Trinajstić information content (AvgIpc) is 2.14. The number of rotatable bonds is 1. The fourth-order valence-electron chi connectivity index (χ4n) is 1.05. The molecule has 42 valence electrons. The maximum absolute atomic E-state index is 3.97. The molecule has 1 fully saturated rings. The molecule has 0 radical (unpaired) electrons. The second-order valence-electron chi connectivity index (χ2n) is 2.11. The van der Waals surface area contributed by atoms with E-state index >= 15 is 0 Å². The smallest absolute Gasteiger partial charge is 0.0169 e. The predicted octanol–water partition coefficient (Wildman–Crippen LogP) is 1.36. The molecule has 1 aliphatic rings. The first-order chi connectivity index (χ1) is 3.43. The van der Waals surface area contributed by atoms with E-state index in [1.165, 1.54) is 25.7 Å². The molecule has 1 rings (SSSR count). The van der Waals surface area contributed by atoms with Crippen LogP contribution < -0.4 is 4.72 Å². The van der Waals surface area contributed by atoms with Gasteiger partial charge >= 0.3 is 0 Å². The van der Waals surface area contributed by atoms with Crippen LogP contribution in [-0.2, 0) is 0 Å². The van der Waals surface area contributed by atoms with Crippen LogP contribution >= 0.6 is 12.8 Å². The monoisotopic (exact) mass is 117 g/mol. The van der Waals surface area contributed by atoms with Gasteiger partial charge in [-0.05, 0) is 12.8 Å². The van der Waals surface area contributed by atoms with Gasteiger partial charge in [-0.2, -0.15) is 0 Å². The van der Waals surface area contributed by atoms with Crippen molar-refractivity contribution >= 4 is 12.8 Å². The van der Waals surface area contributed by atoms with Crippen LogP contribution in [0, 0.1) is 0 Å². The van der Waals surface area contributed by atoms with Crippen molar-refractivity contribution in [3.8, 4) is 0 Å². The second kappa shape index (κ2) is 2.58. The SMILES string of the molecule is SNC1CCCC1. The summed E-state index contributed by atoms with van der Waals surface area (Å²) >= 11 is 3.97. The largest absolute Gasteiger partial charge is 0.264 e. The van der Waals surface area contributed by atoms with E-state index in [1.54, 1.807) is 0 Å². The van der Waals surface area contributed by atoms with Gasteiger partial charge in [-0.1, -0.05) is 25.7 Å². The van der Waals surface area contributed by atoms with Gasteiger partial charge in [0, 0.05) is 6.04 Å². The third kappa shape index (κ3) is 1.35.